The van der Waals surface area contributed by atoms with Crippen LogP contribution in [0.3, 0.4) is 0 Å². The molecule has 14 heteroatoms. The molecule has 2 atom stereocenters. The summed E-state index contributed by atoms with van der Waals surface area (Å²) in [5.41, 5.74) is 13.7. The van der Waals surface area contributed by atoms with E-state index in [0.29, 0.717) is 17.0 Å². The van der Waals surface area contributed by atoms with Crippen LogP contribution in [0.5, 0.6) is 0 Å². The van der Waals surface area contributed by atoms with E-state index in [-0.39, 0.29) is 28.8 Å². The number of anilines is 2. The minimum absolute atomic E-state index is 0.0867. The molecule has 1 aromatic carbocycles. The van der Waals surface area contributed by atoms with E-state index in [4.69, 9.17) is 16.3 Å². The first-order chi connectivity index (χ1) is 17.8. The topological polar surface area (TPSA) is 177 Å². The van der Waals surface area contributed by atoms with Crippen molar-refractivity contribution in [2.24, 2.45) is 5.16 Å². The lowest BCUT2D eigenvalue weighted by atomic mass is 10.0. The number of benzene rings is 1. The van der Waals surface area contributed by atoms with Gasteiger partial charge in [-0.3, -0.25) is 14.5 Å². The predicted molar refractivity (Wildman–Crippen MR) is 138 cm³/mol. The van der Waals surface area contributed by atoms with Crippen molar-refractivity contribution in [1.29, 1.82) is 0 Å². The van der Waals surface area contributed by atoms with Gasteiger partial charge in [0.2, 0.25) is 5.52 Å². The molecule has 12 nitrogen and oxygen atoms in total. The van der Waals surface area contributed by atoms with Crippen LogP contribution in [0.15, 0.2) is 58.3 Å². The first-order valence-electron chi connectivity index (χ1n) is 11.0. The number of amides is 2. The summed E-state index contributed by atoms with van der Waals surface area (Å²) in [6.07, 6.45) is 1.74. The van der Waals surface area contributed by atoms with Gasteiger partial charge in [0.1, 0.15) is 29.9 Å². The molecule has 2 aliphatic rings. The summed E-state index contributed by atoms with van der Waals surface area (Å²) >= 11 is 2.50. The van der Waals surface area contributed by atoms with Crippen molar-refractivity contribution in [3.63, 3.8) is 0 Å². The highest BCUT2D eigenvalue weighted by molar-refractivity contribution is 8.00. The van der Waals surface area contributed by atoms with Gasteiger partial charge in [0.25, 0.3) is 11.8 Å². The van der Waals surface area contributed by atoms with Crippen molar-refractivity contribution in [1.82, 2.24) is 15.2 Å². The molecule has 0 saturated carbocycles. The van der Waals surface area contributed by atoms with E-state index in [1.807, 2.05) is 34.9 Å². The second-order valence-electron chi connectivity index (χ2n) is 8.27. The smallest absolute Gasteiger partial charge is 0.352 e. The van der Waals surface area contributed by atoms with Crippen molar-refractivity contribution in [3.05, 3.63) is 58.9 Å². The number of β-lactam (4-membered cyclic amide) rings is 1. The van der Waals surface area contributed by atoms with E-state index in [2.05, 4.69) is 15.5 Å². The van der Waals surface area contributed by atoms with Gasteiger partial charge in [-0.15, -0.1) is 23.1 Å². The molecule has 2 aromatic heterocycles. The van der Waals surface area contributed by atoms with Crippen LogP contribution in [0.25, 0.3) is 10.9 Å². The van der Waals surface area contributed by atoms with Crippen molar-refractivity contribution < 1.29 is 28.9 Å². The predicted octanol–water partition coefficient (Wildman–Crippen LogP) is 0.538. The van der Waals surface area contributed by atoms with Gasteiger partial charge in [-0.05, 0) is 12.1 Å². The van der Waals surface area contributed by atoms with E-state index in [9.17, 15) is 19.5 Å². The summed E-state index contributed by atoms with van der Waals surface area (Å²) < 4.78 is 1.88. The molecule has 1 unspecified atom stereocenters. The number of aromatic nitrogens is 2. The largest absolute Gasteiger partial charge is 0.477 e. The first kappa shape index (κ1) is 24.5. The SMILES string of the molecule is CO/N=C(\C(=O)NC1C(=O)N2C(C(=O)O)=C(C[n+]3cc(N)cc4ccccc43)CS[C@H]12)c1csc(N)n1. The van der Waals surface area contributed by atoms with Crippen LogP contribution in [0, 0.1) is 0 Å². The number of oxime groups is 1. The minimum Gasteiger partial charge on any atom is -0.477 e. The molecule has 2 amide bonds. The number of pyridine rings is 1. The highest BCUT2D eigenvalue weighted by Crippen LogP contribution is 2.40. The second kappa shape index (κ2) is 9.71. The van der Waals surface area contributed by atoms with E-state index in [1.54, 1.807) is 11.6 Å². The summed E-state index contributed by atoms with van der Waals surface area (Å²) in [4.78, 5) is 48.3. The zero-order valence-corrected chi connectivity index (χ0v) is 21.1. The lowest BCUT2D eigenvalue weighted by Gasteiger charge is -2.49. The lowest BCUT2D eigenvalue weighted by molar-refractivity contribution is -0.662. The average molecular weight is 541 g/mol. The summed E-state index contributed by atoms with van der Waals surface area (Å²) in [6.45, 7) is 0.240. The molecule has 37 heavy (non-hydrogen) atoms. The molecule has 0 radical (unpaired) electrons. The number of hydrogen-bond acceptors (Lipinski definition) is 10. The number of thiazole rings is 1. The Kier molecular flexibility index (Phi) is 6.43. The Balaban J connectivity index is 1.40. The van der Waals surface area contributed by atoms with Crippen LogP contribution < -0.4 is 21.4 Å². The van der Waals surface area contributed by atoms with Crippen LogP contribution in [-0.4, -0.2) is 62.8 Å². The number of carbonyl (C=O) groups excluding carboxylic acids is 2. The third-order valence-electron chi connectivity index (χ3n) is 5.93. The number of hydrogen-bond donors (Lipinski definition) is 4. The molecule has 5 rings (SSSR count). The van der Waals surface area contributed by atoms with E-state index in [0.717, 1.165) is 22.2 Å². The number of aliphatic carboxylic acids is 1. The molecule has 4 heterocycles. The molecule has 3 aromatic rings. The van der Waals surface area contributed by atoms with Gasteiger partial charge in [0.05, 0.1) is 5.69 Å². The maximum absolute atomic E-state index is 13.1. The monoisotopic (exact) mass is 540 g/mol. The molecule has 0 bridgehead atoms. The number of fused-ring (bicyclic) bond motifs is 2. The Morgan fingerprint density at radius 1 is 1.35 bits per heavy atom. The van der Waals surface area contributed by atoms with Crippen molar-refractivity contribution in [2.75, 3.05) is 24.3 Å². The standard InChI is InChI=1S/C23H21N7O5S2/c1-35-28-16(14-10-37-23(25)26-14)19(31)27-17-20(32)30-18(22(33)34)12(9-36-21(17)30)7-29-8-13(24)6-11-4-2-3-5-15(11)29/h2-6,8,10,17,21H,7,9,24H2,1H3,(H3-,25,26,27,31,33,34)/p+1/b28-16-/t17?,21-/m1/s1. The molecule has 2 aliphatic heterocycles. The number of carboxylic acids is 1. The summed E-state index contributed by atoms with van der Waals surface area (Å²) in [7, 11) is 1.28. The van der Waals surface area contributed by atoms with Gasteiger partial charge in [-0.1, -0.05) is 17.3 Å². The molecule has 1 saturated heterocycles. The zero-order chi connectivity index (χ0) is 26.3. The van der Waals surface area contributed by atoms with E-state index in [1.165, 1.54) is 23.8 Å². The third kappa shape index (κ3) is 4.44. The number of rotatable bonds is 7. The second-order valence-corrected chi connectivity index (χ2v) is 10.3. The number of carbonyl (C=O) groups is 3. The fourth-order valence-corrected chi connectivity index (χ4v) is 6.26. The Hall–Kier alpha value is -4.17. The number of carboxylic acid groups (broad SMARTS) is 1. The highest BCUT2D eigenvalue weighted by Gasteiger charge is 2.54. The highest BCUT2D eigenvalue weighted by atomic mass is 32.2. The molecule has 0 spiro atoms. The van der Waals surface area contributed by atoms with Crippen molar-refractivity contribution in [3.8, 4) is 0 Å². The quantitative estimate of drug-likeness (QED) is 0.144. The van der Waals surface area contributed by atoms with Crippen LogP contribution in [0.1, 0.15) is 5.69 Å². The van der Waals surface area contributed by atoms with Crippen molar-refractivity contribution in [2.45, 2.75) is 18.0 Å². The number of para-hydroxylation sites is 1. The van der Waals surface area contributed by atoms with Crippen LogP contribution in [0.4, 0.5) is 10.8 Å². The Labute approximate surface area is 218 Å². The number of nitrogens with one attached hydrogen (secondary N) is 1. The fourth-order valence-electron chi connectivity index (χ4n) is 4.38. The molecular weight excluding hydrogens is 518 g/mol. The first-order valence-corrected chi connectivity index (χ1v) is 12.9. The minimum atomic E-state index is -1.22. The van der Waals surface area contributed by atoms with Gasteiger partial charge in [-0.2, -0.15) is 4.57 Å². The summed E-state index contributed by atoms with van der Waals surface area (Å²) in [5.74, 6) is -2.08. The van der Waals surface area contributed by atoms with Gasteiger partial charge >= 0.3 is 5.97 Å². The van der Waals surface area contributed by atoms with Crippen LogP contribution in [0.2, 0.25) is 0 Å². The van der Waals surface area contributed by atoms with Crippen LogP contribution >= 0.6 is 23.1 Å². The summed E-state index contributed by atoms with van der Waals surface area (Å²) in [5, 5.41) is 18.5. The summed E-state index contributed by atoms with van der Waals surface area (Å²) in [6, 6.07) is 8.54. The van der Waals surface area contributed by atoms with Gasteiger partial charge in [0, 0.05) is 28.2 Å². The third-order valence-corrected chi connectivity index (χ3v) is 7.95. The maximum Gasteiger partial charge on any atom is 0.352 e. The number of nitrogens with zero attached hydrogens (tertiary/aromatic N) is 4. The molecule has 1 fully saturated rings. The number of nitrogens with two attached hydrogens (primary N) is 2. The van der Waals surface area contributed by atoms with Gasteiger partial charge in [0.15, 0.2) is 23.6 Å². The Morgan fingerprint density at radius 3 is 2.84 bits per heavy atom. The normalized spacial score (nSPS) is 19.4. The van der Waals surface area contributed by atoms with E-state index >= 15 is 0 Å². The molecule has 6 N–H and O–H groups in total. The molecule has 190 valence electrons. The van der Waals surface area contributed by atoms with Gasteiger partial charge in [-0.25, -0.2) is 9.78 Å². The molecular formula is C23H22N7O5S2+. The maximum atomic E-state index is 13.1. The van der Waals surface area contributed by atoms with Gasteiger partial charge < -0.3 is 26.7 Å². The van der Waals surface area contributed by atoms with Crippen LogP contribution in [-0.2, 0) is 25.8 Å². The fraction of sp³-hybridized carbons (Fsp3) is 0.217. The van der Waals surface area contributed by atoms with E-state index < -0.39 is 29.2 Å². The number of nitrogen functional groups attached to an aromatic ring is 2. The zero-order valence-electron chi connectivity index (χ0n) is 19.5. The average Bonchev–Trinajstić information content (AvgIpc) is 3.30. The number of thioether (sulfide) groups is 1. The van der Waals surface area contributed by atoms with Crippen molar-refractivity contribution >= 4 is 68.3 Å². The molecule has 0 aliphatic carbocycles. The Bertz CT molecular complexity index is 1500. The Morgan fingerprint density at radius 2 is 2.14 bits per heavy atom. The lowest BCUT2D eigenvalue weighted by Crippen LogP contribution is -2.71.